The molecule has 21 heavy (non-hydrogen) atoms. The molecular formula is C16H25O4Si. The van der Waals surface area contributed by atoms with Crippen molar-refractivity contribution in [1.29, 1.82) is 0 Å². The molecule has 0 saturated carbocycles. The van der Waals surface area contributed by atoms with Gasteiger partial charge in [-0.3, -0.25) is 0 Å². The molecule has 5 heteroatoms. The van der Waals surface area contributed by atoms with Gasteiger partial charge in [-0.2, -0.15) is 0 Å². The fourth-order valence-corrected chi connectivity index (χ4v) is 3.76. The second-order valence-corrected chi connectivity index (χ2v) is 6.64. The summed E-state index contributed by atoms with van der Waals surface area (Å²) < 4.78 is 22.3. The molecule has 1 aliphatic rings. The van der Waals surface area contributed by atoms with Crippen molar-refractivity contribution in [2.45, 2.75) is 32.8 Å². The van der Waals surface area contributed by atoms with E-state index in [9.17, 15) is 0 Å². The van der Waals surface area contributed by atoms with E-state index in [4.69, 9.17) is 18.3 Å². The van der Waals surface area contributed by atoms with Crippen LogP contribution in [-0.2, 0) is 24.7 Å². The third-order valence-electron chi connectivity index (χ3n) is 3.23. The van der Waals surface area contributed by atoms with E-state index >= 15 is 0 Å². The van der Waals surface area contributed by atoms with Crippen molar-refractivity contribution >= 4 is 14.5 Å². The van der Waals surface area contributed by atoms with Gasteiger partial charge in [0.25, 0.3) is 0 Å². The largest absolute Gasteiger partial charge is 0.423 e. The van der Waals surface area contributed by atoms with E-state index in [1.807, 2.05) is 13.8 Å². The van der Waals surface area contributed by atoms with Gasteiger partial charge in [0.2, 0.25) is 0 Å². The molecule has 4 nitrogen and oxygen atoms in total. The van der Waals surface area contributed by atoms with Gasteiger partial charge >= 0.3 is 9.28 Å². The van der Waals surface area contributed by atoms with E-state index in [1.165, 1.54) is 10.8 Å². The summed E-state index contributed by atoms with van der Waals surface area (Å²) in [4.78, 5) is 0. The van der Waals surface area contributed by atoms with E-state index in [1.54, 1.807) is 0 Å². The van der Waals surface area contributed by atoms with Crippen molar-refractivity contribution < 1.29 is 18.3 Å². The Bertz CT molecular complexity index is 403. The highest BCUT2D eigenvalue weighted by Gasteiger charge is 2.22. The zero-order valence-electron chi connectivity index (χ0n) is 13.0. The summed E-state index contributed by atoms with van der Waals surface area (Å²) in [6.45, 7) is 7.77. The second-order valence-electron chi connectivity index (χ2n) is 4.94. The number of aryl methyl sites for hydroxylation is 1. The lowest BCUT2D eigenvalue weighted by Gasteiger charge is -2.17. The maximum atomic E-state index is 5.81. The van der Waals surface area contributed by atoms with Crippen LogP contribution in [0.2, 0.25) is 0 Å². The van der Waals surface area contributed by atoms with Crippen molar-refractivity contribution in [3.8, 4) is 0 Å². The number of epoxide rings is 1. The normalized spacial score (nSPS) is 17.4. The minimum Gasteiger partial charge on any atom is -0.390 e. The summed E-state index contributed by atoms with van der Waals surface area (Å²) in [6.07, 6.45) is 2.36. The molecule has 0 aromatic heterocycles. The van der Waals surface area contributed by atoms with Crippen molar-refractivity contribution in [1.82, 2.24) is 0 Å². The monoisotopic (exact) mass is 309 g/mol. The minimum atomic E-state index is -1.36. The van der Waals surface area contributed by atoms with Gasteiger partial charge < -0.3 is 18.3 Å². The highest BCUT2D eigenvalue weighted by Crippen LogP contribution is 2.09. The van der Waals surface area contributed by atoms with Crippen LogP contribution in [0.25, 0.3) is 0 Å². The van der Waals surface area contributed by atoms with Crippen molar-refractivity contribution in [2.24, 2.45) is 0 Å². The zero-order chi connectivity index (χ0) is 14.9. The Balaban J connectivity index is 1.84. The summed E-state index contributed by atoms with van der Waals surface area (Å²) in [5, 5.41) is 1.23. The molecule has 1 fully saturated rings. The predicted molar refractivity (Wildman–Crippen MR) is 84.0 cm³/mol. The molecule has 1 saturated heterocycles. The molecule has 1 aliphatic heterocycles. The summed E-state index contributed by atoms with van der Waals surface area (Å²) in [5.41, 5.74) is 1.32. The lowest BCUT2D eigenvalue weighted by molar-refractivity contribution is 0.114. The quantitative estimate of drug-likeness (QED) is 0.355. The molecule has 1 atom stereocenters. The van der Waals surface area contributed by atoms with Crippen LogP contribution in [0.5, 0.6) is 0 Å². The summed E-state index contributed by atoms with van der Waals surface area (Å²) >= 11 is 0. The molecule has 1 aromatic carbocycles. The first-order chi connectivity index (χ1) is 10.3. The van der Waals surface area contributed by atoms with Gasteiger partial charge in [-0.15, -0.1) is 0 Å². The minimum absolute atomic E-state index is 0.350. The standard InChI is InChI=1S/C16H25O4Si/c1-3-19-21(20-4-2)16-10-6-5-8-14(16)9-7-11-17-12-15-13-18-15/h5-6,8,10,15H,3-4,7,9,11-13H2,1-2H3. The number of ether oxygens (including phenoxy) is 2. The number of benzene rings is 1. The van der Waals surface area contributed by atoms with Crippen molar-refractivity contribution in [3.63, 3.8) is 0 Å². The molecule has 1 radical (unpaired) electrons. The zero-order valence-corrected chi connectivity index (χ0v) is 14.0. The topological polar surface area (TPSA) is 40.2 Å². The van der Waals surface area contributed by atoms with Crippen molar-refractivity contribution in [3.05, 3.63) is 29.8 Å². The Morgan fingerprint density at radius 3 is 2.57 bits per heavy atom. The van der Waals surface area contributed by atoms with Crippen LogP contribution in [0.15, 0.2) is 24.3 Å². The molecular weight excluding hydrogens is 284 g/mol. The van der Waals surface area contributed by atoms with Crippen LogP contribution in [0, 0.1) is 0 Å². The van der Waals surface area contributed by atoms with Crippen LogP contribution in [-0.4, -0.2) is 48.4 Å². The highest BCUT2D eigenvalue weighted by atomic mass is 28.3. The summed E-state index contributed by atoms with van der Waals surface area (Å²) in [6, 6.07) is 8.44. The fraction of sp³-hybridized carbons (Fsp3) is 0.625. The van der Waals surface area contributed by atoms with Gasteiger partial charge in [-0.1, -0.05) is 24.3 Å². The van der Waals surface area contributed by atoms with Gasteiger partial charge in [0.05, 0.1) is 13.2 Å². The van der Waals surface area contributed by atoms with Crippen LogP contribution >= 0.6 is 0 Å². The van der Waals surface area contributed by atoms with Crippen molar-refractivity contribution in [2.75, 3.05) is 33.0 Å². The molecule has 0 spiro atoms. The lowest BCUT2D eigenvalue weighted by Crippen LogP contribution is -2.39. The molecule has 0 bridgehead atoms. The SMILES string of the molecule is CCO[Si](OCC)c1ccccc1CCCOCC1CO1. The number of hydrogen-bond donors (Lipinski definition) is 0. The first-order valence-corrected chi connectivity index (χ1v) is 9.07. The molecule has 2 rings (SSSR count). The Kier molecular flexibility index (Phi) is 7.39. The average Bonchev–Trinajstić information content (AvgIpc) is 3.31. The number of rotatable bonds is 11. The Labute approximate surface area is 129 Å². The average molecular weight is 309 g/mol. The summed E-state index contributed by atoms with van der Waals surface area (Å²) in [5.74, 6) is 0. The van der Waals surface area contributed by atoms with Gasteiger partial charge in [-0.25, -0.2) is 0 Å². The molecule has 0 N–H and O–H groups in total. The Morgan fingerprint density at radius 1 is 1.19 bits per heavy atom. The molecule has 117 valence electrons. The first-order valence-electron chi connectivity index (χ1n) is 7.75. The van der Waals surface area contributed by atoms with Gasteiger partial charge in [0, 0.05) is 19.8 Å². The molecule has 0 amide bonds. The third kappa shape index (κ3) is 5.88. The Morgan fingerprint density at radius 2 is 1.90 bits per heavy atom. The van der Waals surface area contributed by atoms with Crippen LogP contribution in [0.1, 0.15) is 25.8 Å². The first kappa shape index (κ1) is 16.6. The molecule has 1 aromatic rings. The van der Waals surface area contributed by atoms with E-state index < -0.39 is 9.28 Å². The second kappa shape index (κ2) is 9.33. The molecule has 1 unspecified atom stereocenters. The molecule has 0 aliphatic carbocycles. The summed E-state index contributed by atoms with van der Waals surface area (Å²) in [7, 11) is -1.36. The smallest absolute Gasteiger partial charge is 0.390 e. The molecule has 1 heterocycles. The fourth-order valence-electron chi connectivity index (χ4n) is 2.14. The van der Waals surface area contributed by atoms with E-state index in [0.717, 1.165) is 32.7 Å². The van der Waals surface area contributed by atoms with Crippen LogP contribution in [0.4, 0.5) is 0 Å². The van der Waals surface area contributed by atoms with Gasteiger partial charge in [0.15, 0.2) is 0 Å². The van der Waals surface area contributed by atoms with Gasteiger partial charge in [0.1, 0.15) is 6.10 Å². The highest BCUT2D eigenvalue weighted by molar-refractivity contribution is 6.61. The lowest BCUT2D eigenvalue weighted by atomic mass is 10.1. The van der Waals surface area contributed by atoms with Crippen LogP contribution in [0.3, 0.4) is 0 Å². The third-order valence-corrected chi connectivity index (χ3v) is 5.26. The van der Waals surface area contributed by atoms with Crippen LogP contribution < -0.4 is 5.19 Å². The number of hydrogen-bond acceptors (Lipinski definition) is 4. The van der Waals surface area contributed by atoms with Gasteiger partial charge in [-0.05, 0) is 37.4 Å². The Hall–Kier alpha value is -0.723. The van der Waals surface area contributed by atoms with E-state index in [0.29, 0.717) is 19.3 Å². The van der Waals surface area contributed by atoms with E-state index in [-0.39, 0.29) is 0 Å². The maximum Gasteiger partial charge on any atom is 0.423 e. The predicted octanol–water partition coefficient (Wildman–Crippen LogP) is 1.80. The maximum absolute atomic E-state index is 5.81. The van der Waals surface area contributed by atoms with E-state index in [2.05, 4.69) is 24.3 Å².